The lowest BCUT2D eigenvalue weighted by Gasteiger charge is -2.12. The average Bonchev–Trinajstić information content (AvgIpc) is 3.06. The van der Waals surface area contributed by atoms with E-state index in [1.165, 1.54) is 23.7 Å². The molecule has 1 amide bonds. The van der Waals surface area contributed by atoms with Gasteiger partial charge in [0.15, 0.2) is 16.5 Å². The number of carbonyl (C=O) groups is 2. The molecule has 1 heterocycles. The highest BCUT2D eigenvalue weighted by molar-refractivity contribution is 7.11. The summed E-state index contributed by atoms with van der Waals surface area (Å²) in [6, 6.07) is 14.5. The smallest absolute Gasteiger partial charge is 0.279 e. The minimum Gasteiger partial charge on any atom is -0.595 e. The monoisotopic (exact) mass is 370 g/mol. The zero-order chi connectivity index (χ0) is 18.7. The van der Waals surface area contributed by atoms with Gasteiger partial charge < -0.3 is 5.21 Å². The SMILES string of the molecule is CC(=O)c1nn(-c2cccc([NH+]([O-])O)c2)c(=NC(=O)c2ccccc2)s1. The molecular formula is C17H14N4O4S. The molecule has 0 aliphatic carbocycles. The highest BCUT2D eigenvalue weighted by atomic mass is 32.1. The summed E-state index contributed by atoms with van der Waals surface area (Å²) in [4.78, 5) is 28.3. The summed E-state index contributed by atoms with van der Waals surface area (Å²) in [6.07, 6.45) is 0. The molecule has 26 heavy (non-hydrogen) atoms. The summed E-state index contributed by atoms with van der Waals surface area (Å²) in [6.45, 7) is 1.36. The van der Waals surface area contributed by atoms with Gasteiger partial charge in [-0.15, -0.1) is 0 Å². The van der Waals surface area contributed by atoms with E-state index in [0.717, 1.165) is 11.3 Å². The van der Waals surface area contributed by atoms with Crippen LogP contribution in [0.3, 0.4) is 0 Å². The number of aromatic nitrogens is 2. The van der Waals surface area contributed by atoms with Gasteiger partial charge in [-0.05, 0) is 18.2 Å². The first kappa shape index (κ1) is 17.8. The van der Waals surface area contributed by atoms with Crippen molar-refractivity contribution in [3.8, 4) is 5.69 Å². The third-order valence-corrected chi connectivity index (χ3v) is 4.43. The van der Waals surface area contributed by atoms with E-state index in [1.54, 1.807) is 42.5 Å². The van der Waals surface area contributed by atoms with E-state index >= 15 is 0 Å². The molecule has 0 aliphatic heterocycles. The molecule has 0 spiro atoms. The lowest BCUT2D eigenvalue weighted by Crippen LogP contribution is -2.99. The summed E-state index contributed by atoms with van der Waals surface area (Å²) in [7, 11) is 0. The number of hydrogen-bond acceptors (Lipinski definition) is 6. The van der Waals surface area contributed by atoms with Crippen LogP contribution in [0.25, 0.3) is 5.69 Å². The highest BCUT2D eigenvalue weighted by Crippen LogP contribution is 2.12. The van der Waals surface area contributed by atoms with Crippen molar-refractivity contribution >= 4 is 28.7 Å². The van der Waals surface area contributed by atoms with E-state index < -0.39 is 11.1 Å². The summed E-state index contributed by atoms with van der Waals surface area (Å²) < 4.78 is 1.30. The van der Waals surface area contributed by atoms with Crippen molar-refractivity contribution in [2.75, 3.05) is 0 Å². The molecule has 8 nitrogen and oxygen atoms in total. The van der Waals surface area contributed by atoms with E-state index in [-0.39, 0.29) is 21.3 Å². The summed E-state index contributed by atoms with van der Waals surface area (Å²) >= 11 is 0.967. The van der Waals surface area contributed by atoms with Gasteiger partial charge in [-0.3, -0.25) is 9.59 Å². The van der Waals surface area contributed by atoms with Crippen molar-refractivity contribution in [2.24, 2.45) is 4.99 Å². The van der Waals surface area contributed by atoms with Crippen molar-refractivity contribution < 1.29 is 20.0 Å². The van der Waals surface area contributed by atoms with Crippen LogP contribution in [0, 0.1) is 5.21 Å². The molecule has 1 unspecified atom stereocenters. The second-order valence-corrected chi connectivity index (χ2v) is 6.25. The van der Waals surface area contributed by atoms with Gasteiger partial charge in [0, 0.05) is 24.6 Å². The van der Waals surface area contributed by atoms with Gasteiger partial charge in [0.1, 0.15) is 0 Å². The van der Waals surface area contributed by atoms with Gasteiger partial charge in [-0.1, -0.05) is 35.6 Å². The minimum absolute atomic E-state index is 0.0627. The number of rotatable bonds is 4. The number of nitrogens with zero attached hydrogens (tertiary/aromatic N) is 3. The van der Waals surface area contributed by atoms with Gasteiger partial charge in [-0.2, -0.15) is 15.3 Å². The molecular weight excluding hydrogens is 356 g/mol. The molecule has 0 aliphatic rings. The predicted molar refractivity (Wildman–Crippen MR) is 93.6 cm³/mol. The number of Topliss-reactive ketones (excluding diaryl/α,β-unsaturated/α-hetero) is 1. The zero-order valence-corrected chi connectivity index (χ0v) is 14.4. The van der Waals surface area contributed by atoms with Crippen LogP contribution in [0.2, 0.25) is 0 Å². The lowest BCUT2D eigenvalue weighted by atomic mass is 10.2. The maximum Gasteiger partial charge on any atom is 0.279 e. The Morgan fingerprint density at radius 1 is 1.19 bits per heavy atom. The number of quaternary nitrogens is 1. The van der Waals surface area contributed by atoms with Crippen molar-refractivity contribution in [2.45, 2.75) is 6.92 Å². The molecule has 2 aromatic carbocycles. The molecule has 1 aromatic heterocycles. The van der Waals surface area contributed by atoms with Gasteiger partial charge >= 0.3 is 0 Å². The van der Waals surface area contributed by atoms with Crippen LogP contribution in [-0.4, -0.2) is 26.7 Å². The lowest BCUT2D eigenvalue weighted by molar-refractivity contribution is -0.991. The van der Waals surface area contributed by atoms with E-state index in [9.17, 15) is 14.8 Å². The molecule has 9 heteroatoms. The quantitative estimate of drug-likeness (QED) is 0.531. The first-order chi connectivity index (χ1) is 12.5. The molecule has 0 saturated heterocycles. The first-order valence-electron chi connectivity index (χ1n) is 7.54. The molecule has 3 aromatic rings. The number of nitrogens with one attached hydrogen (secondary N) is 1. The van der Waals surface area contributed by atoms with Crippen LogP contribution in [0.1, 0.15) is 27.1 Å². The van der Waals surface area contributed by atoms with Crippen molar-refractivity contribution in [1.29, 1.82) is 0 Å². The Bertz CT molecular complexity index is 1020. The molecule has 0 bridgehead atoms. The van der Waals surface area contributed by atoms with Crippen LogP contribution in [0.15, 0.2) is 59.6 Å². The fraction of sp³-hybridized carbons (Fsp3) is 0.0588. The largest absolute Gasteiger partial charge is 0.595 e. The second kappa shape index (κ2) is 7.50. The molecule has 0 saturated carbocycles. The summed E-state index contributed by atoms with van der Waals surface area (Å²) in [5.74, 6) is -0.751. The summed E-state index contributed by atoms with van der Waals surface area (Å²) in [5, 5.41) is 23.6. The molecule has 0 radical (unpaired) electrons. The van der Waals surface area contributed by atoms with E-state index in [2.05, 4.69) is 10.1 Å². The maximum atomic E-state index is 12.4. The standard InChI is InChI=1S/C17H14N4O4S/c1-11(22)16-19-20(13-8-5-9-14(10-13)21(24)25)17(26-16)18-15(23)12-6-3-2-4-7-12/h2-10,21,24H,1H3. The van der Waals surface area contributed by atoms with Gasteiger partial charge in [-0.25, -0.2) is 9.89 Å². The molecule has 1 atom stereocenters. The van der Waals surface area contributed by atoms with Crippen molar-refractivity contribution in [3.05, 3.63) is 75.2 Å². The van der Waals surface area contributed by atoms with Crippen molar-refractivity contribution in [3.63, 3.8) is 0 Å². The summed E-state index contributed by atoms with van der Waals surface area (Å²) in [5.41, 5.74) is 0.858. The zero-order valence-electron chi connectivity index (χ0n) is 13.6. The second-order valence-electron chi connectivity index (χ2n) is 5.30. The van der Waals surface area contributed by atoms with Crippen LogP contribution >= 0.6 is 11.3 Å². The number of benzene rings is 2. The third kappa shape index (κ3) is 3.81. The predicted octanol–water partition coefficient (Wildman–Crippen LogP) is 1.28. The third-order valence-electron chi connectivity index (χ3n) is 3.42. The molecule has 2 N–H and O–H groups in total. The Morgan fingerprint density at radius 3 is 2.58 bits per heavy atom. The Hall–Kier alpha value is -2.98. The van der Waals surface area contributed by atoms with Gasteiger partial charge in [0.2, 0.25) is 4.80 Å². The van der Waals surface area contributed by atoms with Crippen LogP contribution in [-0.2, 0) is 0 Å². The van der Waals surface area contributed by atoms with Gasteiger partial charge in [0.05, 0.1) is 5.69 Å². The Balaban J connectivity index is 2.14. The van der Waals surface area contributed by atoms with Crippen LogP contribution < -0.4 is 10.0 Å². The highest BCUT2D eigenvalue weighted by Gasteiger charge is 2.14. The maximum absolute atomic E-state index is 12.4. The fourth-order valence-electron chi connectivity index (χ4n) is 2.17. The van der Waals surface area contributed by atoms with Crippen molar-refractivity contribution in [1.82, 2.24) is 9.78 Å². The minimum atomic E-state index is -1.09. The number of ketones is 1. The normalized spacial score (nSPS) is 12.8. The fourth-order valence-corrected chi connectivity index (χ4v) is 2.97. The van der Waals surface area contributed by atoms with Gasteiger partial charge in [0.25, 0.3) is 5.91 Å². The van der Waals surface area contributed by atoms with E-state index in [0.29, 0.717) is 11.3 Å². The van der Waals surface area contributed by atoms with Crippen LogP contribution in [0.4, 0.5) is 5.69 Å². The van der Waals surface area contributed by atoms with E-state index in [4.69, 9.17) is 5.21 Å². The molecule has 0 fully saturated rings. The van der Waals surface area contributed by atoms with E-state index in [1.807, 2.05) is 0 Å². The Morgan fingerprint density at radius 2 is 1.92 bits per heavy atom. The Kier molecular flexibility index (Phi) is 5.14. The van der Waals surface area contributed by atoms with Crippen LogP contribution in [0.5, 0.6) is 0 Å². The molecule has 132 valence electrons. The number of hydrogen-bond donors (Lipinski definition) is 2. The molecule has 3 rings (SSSR count). The average molecular weight is 370 g/mol. The number of amides is 1. The topological polar surface area (TPSA) is 112 Å². The first-order valence-corrected chi connectivity index (χ1v) is 8.36. The Labute approximate surface area is 151 Å². The number of carbonyl (C=O) groups excluding carboxylic acids is 2.